The SMILES string of the molecule is CCC1(C(=O)O)CCCN1C(=O)NC(C)c1ccc(Cl)s1. The predicted molar refractivity (Wildman–Crippen MR) is 82.9 cm³/mol. The van der Waals surface area contributed by atoms with Crippen LogP contribution in [0, 0.1) is 0 Å². The highest BCUT2D eigenvalue weighted by Crippen LogP contribution is 2.33. The number of thiophene rings is 1. The molecule has 21 heavy (non-hydrogen) atoms. The lowest BCUT2D eigenvalue weighted by molar-refractivity contribution is -0.148. The number of hydrogen-bond acceptors (Lipinski definition) is 3. The van der Waals surface area contributed by atoms with E-state index in [-0.39, 0.29) is 12.1 Å². The van der Waals surface area contributed by atoms with Crippen LogP contribution in [0.2, 0.25) is 4.34 Å². The third-order valence-electron chi connectivity index (χ3n) is 4.08. The quantitative estimate of drug-likeness (QED) is 0.887. The van der Waals surface area contributed by atoms with Crippen LogP contribution in [0.15, 0.2) is 12.1 Å². The number of carbonyl (C=O) groups is 2. The van der Waals surface area contributed by atoms with E-state index >= 15 is 0 Å². The molecule has 116 valence electrons. The van der Waals surface area contributed by atoms with E-state index < -0.39 is 11.5 Å². The lowest BCUT2D eigenvalue weighted by Gasteiger charge is -2.34. The van der Waals surface area contributed by atoms with Gasteiger partial charge < -0.3 is 15.3 Å². The molecule has 2 atom stereocenters. The van der Waals surface area contributed by atoms with Crippen molar-refractivity contribution in [3.05, 3.63) is 21.3 Å². The third-order valence-corrected chi connectivity index (χ3v) is 5.49. The summed E-state index contributed by atoms with van der Waals surface area (Å²) in [5, 5.41) is 12.4. The lowest BCUT2D eigenvalue weighted by atomic mass is 9.93. The molecular weight excluding hydrogens is 312 g/mol. The largest absolute Gasteiger partial charge is 0.479 e. The molecule has 1 fully saturated rings. The Morgan fingerprint density at radius 2 is 2.29 bits per heavy atom. The van der Waals surface area contributed by atoms with Crippen LogP contribution in [0.1, 0.15) is 44.0 Å². The highest BCUT2D eigenvalue weighted by Gasteiger charge is 2.48. The Morgan fingerprint density at radius 3 is 2.81 bits per heavy atom. The second-order valence-corrected chi connectivity index (χ2v) is 7.01. The van der Waals surface area contributed by atoms with Gasteiger partial charge in [0, 0.05) is 11.4 Å². The van der Waals surface area contributed by atoms with Gasteiger partial charge >= 0.3 is 12.0 Å². The Bertz CT molecular complexity index is 548. The van der Waals surface area contributed by atoms with E-state index in [4.69, 9.17) is 11.6 Å². The zero-order valence-corrected chi connectivity index (χ0v) is 13.6. The predicted octanol–water partition coefficient (Wildman–Crippen LogP) is 3.50. The number of carboxylic acid groups (broad SMARTS) is 1. The summed E-state index contributed by atoms with van der Waals surface area (Å²) in [6.45, 7) is 4.15. The van der Waals surface area contributed by atoms with Gasteiger partial charge in [0.05, 0.1) is 10.4 Å². The molecule has 1 aromatic heterocycles. The van der Waals surface area contributed by atoms with Gasteiger partial charge in [0.25, 0.3) is 0 Å². The maximum absolute atomic E-state index is 12.4. The number of likely N-dealkylation sites (tertiary alicyclic amines) is 1. The number of halogens is 1. The van der Waals surface area contributed by atoms with Crippen LogP contribution in [0.4, 0.5) is 4.79 Å². The first-order chi connectivity index (χ1) is 9.90. The molecule has 2 heterocycles. The van der Waals surface area contributed by atoms with Crippen molar-refractivity contribution in [1.82, 2.24) is 10.2 Å². The molecule has 0 spiro atoms. The summed E-state index contributed by atoms with van der Waals surface area (Å²) in [4.78, 5) is 26.4. The van der Waals surface area contributed by atoms with Crippen molar-refractivity contribution in [2.45, 2.75) is 44.7 Å². The van der Waals surface area contributed by atoms with Crippen LogP contribution >= 0.6 is 22.9 Å². The molecule has 2 amide bonds. The minimum Gasteiger partial charge on any atom is -0.479 e. The second-order valence-electron chi connectivity index (χ2n) is 5.26. The summed E-state index contributed by atoms with van der Waals surface area (Å²) >= 11 is 7.30. The average Bonchev–Trinajstić information content (AvgIpc) is 3.04. The van der Waals surface area contributed by atoms with Crippen molar-refractivity contribution in [3.8, 4) is 0 Å². The standard InChI is InChI=1S/C14H19ClN2O3S/c1-3-14(12(18)19)7-4-8-17(14)13(20)16-9(2)10-5-6-11(15)21-10/h5-6,9H,3-4,7-8H2,1-2H3,(H,16,20)(H,18,19). The second kappa shape index (κ2) is 6.23. The van der Waals surface area contributed by atoms with Gasteiger partial charge in [0.1, 0.15) is 5.54 Å². The Hall–Kier alpha value is -1.27. The molecule has 2 unspecified atom stereocenters. The van der Waals surface area contributed by atoms with E-state index in [2.05, 4.69) is 5.32 Å². The first-order valence-corrected chi connectivity index (χ1v) is 8.17. The summed E-state index contributed by atoms with van der Waals surface area (Å²) in [6, 6.07) is 3.13. The zero-order valence-electron chi connectivity index (χ0n) is 12.1. The number of nitrogens with zero attached hydrogens (tertiary/aromatic N) is 1. The van der Waals surface area contributed by atoms with E-state index in [1.807, 2.05) is 19.9 Å². The van der Waals surface area contributed by atoms with Gasteiger partial charge in [-0.1, -0.05) is 18.5 Å². The van der Waals surface area contributed by atoms with E-state index in [1.165, 1.54) is 16.2 Å². The number of rotatable bonds is 4. The number of aliphatic carboxylic acids is 1. The molecular formula is C14H19ClN2O3S. The molecule has 2 rings (SSSR count). The highest BCUT2D eigenvalue weighted by atomic mass is 35.5. The van der Waals surface area contributed by atoms with Crippen LogP contribution in [0.5, 0.6) is 0 Å². The topological polar surface area (TPSA) is 69.6 Å². The van der Waals surface area contributed by atoms with Gasteiger partial charge in [-0.15, -0.1) is 11.3 Å². The molecule has 0 saturated carbocycles. The van der Waals surface area contributed by atoms with Crippen LogP contribution in [0.25, 0.3) is 0 Å². The minimum absolute atomic E-state index is 0.195. The van der Waals surface area contributed by atoms with Crippen LogP contribution in [-0.2, 0) is 4.79 Å². The van der Waals surface area contributed by atoms with Crippen molar-refractivity contribution < 1.29 is 14.7 Å². The molecule has 2 N–H and O–H groups in total. The molecule has 1 saturated heterocycles. The maximum Gasteiger partial charge on any atom is 0.329 e. The molecule has 7 heteroatoms. The van der Waals surface area contributed by atoms with Gasteiger partial charge in [0.15, 0.2) is 0 Å². The van der Waals surface area contributed by atoms with Gasteiger partial charge in [-0.25, -0.2) is 9.59 Å². The van der Waals surface area contributed by atoms with E-state index in [9.17, 15) is 14.7 Å². The molecule has 1 aliphatic rings. The molecule has 0 radical (unpaired) electrons. The van der Waals surface area contributed by atoms with Crippen molar-refractivity contribution in [2.24, 2.45) is 0 Å². The summed E-state index contributed by atoms with van der Waals surface area (Å²) in [7, 11) is 0. The summed E-state index contributed by atoms with van der Waals surface area (Å²) in [5.74, 6) is -0.926. The van der Waals surface area contributed by atoms with E-state index in [1.54, 1.807) is 6.07 Å². The molecule has 1 aromatic rings. The summed E-state index contributed by atoms with van der Waals surface area (Å²) < 4.78 is 0.667. The Kier molecular flexibility index (Phi) is 4.78. The normalized spacial score (nSPS) is 23.1. The fourth-order valence-corrected chi connectivity index (χ4v) is 3.87. The Labute approximate surface area is 132 Å². The number of carboxylic acids is 1. The number of urea groups is 1. The number of amides is 2. The van der Waals surface area contributed by atoms with Crippen molar-refractivity contribution in [1.29, 1.82) is 0 Å². The molecule has 1 aliphatic heterocycles. The first kappa shape index (κ1) is 16.1. The Balaban J connectivity index is 2.10. The summed E-state index contributed by atoms with van der Waals surface area (Å²) in [5.41, 5.74) is -1.07. The Morgan fingerprint density at radius 1 is 1.57 bits per heavy atom. The molecule has 5 nitrogen and oxygen atoms in total. The van der Waals surface area contributed by atoms with Crippen molar-refractivity contribution in [3.63, 3.8) is 0 Å². The smallest absolute Gasteiger partial charge is 0.329 e. The summed E-state index contributed by atoms with van der Waals surface area (Å²) in [6.07, 6.45) is 1.63. The van der Waals surface area contributed by atoms with Gasteiger partial charge in [-0.3, -0.25) is 0 Å². The molecule has 0 bridgehead atoms. The average molecular weight is 331 g/mol. The van der Waals surface area contributed by atoms with Gasteiger partial charge in [0.2, 0.25) is 0 Å². The lowest BCUT2D eigenvalue weighted by Crippen LogP contribution is -2.55. The number of hydrogen-bond donors (Lipinski definition) is 2. The fraction of sp³-hybridized carbons (Fsp3) is 0.571. The van der Waals surface area contributed by atoms with Crippen LogP contribution in [0.3, 0.4) is 0 Å². The number of nitrogens with one attached hydrogen (secondary N) is 1. The molecule has 0 aliphatic carbocycles. The monoisotopic (exact) mass is 330 g/mol. The minimum atomic E-state index is -1.07. The van der Waals surface area contributed by atoms with Crippen molar-refractivity contribution in [2.75, 3.05) is 6.54 Å². The molecule has 0 aromatic carbocycles. The fourth-order valence-electron chi connectivity index (χ4n) is 2.81. The zero-order chi connectivity index (χ0) is 15.6. The van der Waals surface area contributed by atoms with Crippen LogP contribution < -0.4 is 5.32 Å². The van der Waals surface area contributed by atoms with Crippen molar-refractivity contribution >= 4 is 34.9 Å². The number of carbonyl (C=O) groups excluding carboxylic acids is 1. The van der Waals surface area contributed by atoms with E-state index in [0.29, 0.717) is 30.1 Å². The van der Waals surface area contributed by atoms with Crippen LogP contribution in [-0.4, -0.2) is 34.1 Å². The van der Waals surface area contributed by atoms with E-state index in [0.717, 1.165) is 4.88 Å². The highest BCUT2D eigenvalue weighted by molar-refractivity contribution is 7.16. The van der Waals surface area contributed by atoms with Gasteiger partial charge in [-0.2, -0.15) is 0 Å². The third kappa shape index (κ3) is 3.01. The van der Waals surface area contributed by atoms with Gasteiger partial charge in [-0.05, 0) is 38.3 Å². The maximum atomic E-state index is 12.4. The first-order valence-electron chi connectivity index (χ1n) is 6.97.